The molecule has 0 bridgehead atoms. The van der Waals surface area contributed by atoms with Crippen LogP contribution >= 0.6 is 0 Å². The molecular formula is C19H22N2O5. The minimum Gasteiger partial charge on any atom is -0.497 e. The van der Waals surface area contributed by atoms with Gasteiger partial charge in [0.25, 0.3) is 5.69 Å². The Morgan fingerprint density at radius 2 is 1.96 bits per heavy atom. The molecule has 7 nitrogen and oxygen atoms in total. The number of hydrogen-bond donors (Lipinski definition) is 0. The minimum atomic E-state index is -0.395. The van der Waals surface area contributed by atoms with Gasteiger partial charge in [0.1, 0.15) is 11.5 Å². The summed E-state index contributed by atoms with van der Waals surface area (Å²) in [5, 5.41) is 10.8. The van der Waals surface area contributed by atoms with E-state index in [1.54, 1.807) is 26.4 Å². The molecule has 1 aliphatic heterocycles. The number of nitro groups is 1. The van der Waals surface area contributed by atoms with E-state index in [1.807, 2.05) is 18.2 Å². The summed E-state index contributed by atoms with van der Waals surface area (Å²) < 4.78 is 16.6. The first-order chi connectivity index (χ1) is 12.6. The molecule has 2 aromatic rings. The van der Waals surface area contributed by atoms with Crippen molar-refractivity contribution in [2.24, 2.45) is 0 Å². The highest BCUT2D eigenvalue weighted by Crippen LogP contribution is 2.29. The zero-order valence-electron chi connectivity index (χ0n) is 14.9. The van der Waals surface area contributed by atoms with Crippen LogP contribution in [0.5, 0.6) is 11.5 Å². The molecule has 7 heteroatoms. The Bertz CT molecular complexity index is 763. The molecule has 1 atom stereocenters. The lowest BCUT2D eigenvalue weighted by Crippen LogP contribution is -2.37. The molecule has 0 amide bonds. The van der Waals surface area contributed by atoms with Crippen LogP contribution in [0, 0.1) is 10.1 Å². The fourth-order valence-electron chi connectivity index (χ4n) is 3.08. The lowest BCUT2D eigenvalue weighted by Gasteiger charge is -2.33. The molecule has 2 aromatic carbocycles. The van der Waals surface area contributed by atoms with Crippen molar-refractivity contribution < 1.29 is 19.1 Å². The summed E-state index contributed by atoms with van der Waals surface area (Å²) in [7, 11) is 3.28. The van der Waals surface area contributed by atoms with Gasteiger partial charge in [-0.1, -0.05) is 6.07 Å². The van der Waals surface area contributed by atoms with Crippen molar-refractivity contribution in [1.82, 2.24) is 4.90 Å². The summed E-state index contributed by atoms with van der Waals surface area (Å²) >= 11 is 0. The Hall–Kier alpha value is -2.64. The summed E-state index contributed by atoms with van der Waals surface area (Å²) in [5.74, 6) is 1.55. The maximum absolute atomic E-state index is 10.8. The molecule has 0 spiro atoms. The normalized spacial score (nSPS) is 17.7. The smallest absolute Gasteiger partial charge is 0.269 e. The van der Waals surface area contributed by atoms with E-state index in [1.165, 1.54) is 12.1 Å². The first-order valence-corrected chi connectivity index (χ1v) is 8.40. The Labute approximate surface area is 152 Å². The predicted octanol–water partition coefficient (Wildman–Crippen LogP) is 3.19. The molecule has 1 unspecified atom stereocenters. The second-order valence-electron chi connectivity index (χ2n) is 6.12. The maximum atomic E-state index is 10.8. The van der Waals surface area contributed by atoms with Crippen LogP contribution < -0.4 is 9.47 Å². The van der Waals surface area contributed by atoms with Crippen molar-refractivity contribution in [3.05, 3.63) is 63.7 Å². The van der Waals surface area contributed by atoms with Gasteiger partial charge < -0.3 is 14.2 Å². The summed E-state index contributed by atoms with van der Waals surface area (Å²) in [4.78, 5) is 12.7. The van der Waals surface area contributed by atoms with Crippen LogP contribution in [-0.4, -0.2) is 43.7 Å². The van der Waals surface area contributed by atoms with Gasteiger partial charge in [0.05, 0.1) is 31.9 Å². The Morgan fingerprint density at radius 1 is 1.19 bits per heavy atom. The molecule has 0 radical (unpaired) electrons. The van der Waals surface area contributed by atoms with Crippen molar-refractivity contribution in [2.75, 3.05) is 33.9 Å². The third kappa shape index (κ3) is 4.12. The lowest BCUT2D eigenvalue weighted by atomic mass is 10.1. The van der Waals surface area contributed by atoms with Crippen molar-refractivity contribution in [3.63, 3.8) is 0 Å². The topological polar surface area (TPSA) is 74.1 Å². The first kappa shape index (κ1) is 18.2. The zero-order chi connectivity index (χ0) is 18.5. The summed E-state index contributed by atoms with van der Waals surface area (Å²) in [6, 6.07) is 12.4. The first-order valence-electron chi connectivity index (χ1n) is 8.40. The van der Waals surface area contributed by atoms with Crippen LogP contribution in [0.25, 0.3) is 0 Å². The predicted molar refractivity (Wildman–Crippen MR) is 96.6 cm³/mol. The second kappa shape index (κ2) is 8.16. The van der Waals surface area contributed by atoms with Crippen LogP contribution in [0.3, 0.4) is 0 Å². The maximum Gasteiger partial charge on any atom is 0.269 e. The summed E-state index contributed by atoms with van der Waals surface area (Å²) in [5.41, 5.74) is 2.11. The number of non-ortho nitro benzene ring substituents is 1. The SMILES string of the molecule is COc1ccc(CN2CCOC(c3ccc([N+](=O)[O-])cc3)C2)c(OC)c1. The van der Waals surface area contributed by atoms with Crippen molar-refractivity contribution in [1.29, 1.82) is 0 Å². The monoisotopic (exact) mass is 358 g/mol. The van der Waals surface area contributed by atoms with Crippen LogP contribution in [0.4, 0.5) is 5.69 Å². The van der Waals surface area contributed by atoms with Gasteiger partial charge in [0.2, 0.25) is 0 Å². The fraction of sp³-hybridized carbons (Fsp3) is 0.368. The molecule has 1 saturated heterocycles. The standard InChI is InChI=1S/C19H22N2O5/c1-24-17-8-5-15(18(11-17)25-2)12-20-9-10-26-19(13-20)14-3-6-16(7-4-14)21(22)23/h3-8,11,19H,9-10,12-13H2,1-2H3. The van der Waals surface area contributed by atoms with Crippen LogP contribution in [-0.2, 0) is 11.3 Å². The molecular weight excluding hydrogens is 336 g/mol. The van der Waals surface area contributed by atoms with Gasteiger partial charge in [-0.25, -0.2) is 0 Å². The molecule has 3 rings (SSSR count). The van der Waals surface area contributed by atoms with E-state index in [9.17, 15) is 10.1 Å². The van der Waals surface area contributed by atoms with Crippen LogP contribution in [0.1, 0.15) is 17.2 Å². The van der Waals surface area contributed by atoms with Gasteiger partial charge in [-0.2, -0.15) is 0 Å². The van der Waals surface area contributed by atoms with E-state index in [0.29, 0.717) is 13.2 Å². The minimum absolute atomic E-state index is 0.0874. The third-order valence-corrected chi connectivity index (χ3v) is 4.51. The van der Waals surface area contributed by atoms with Gasteiger partial charge in [-0.05, 0) is 23.8 Å². The molecule has 0 saturated carbocycles. The number of rotatable bonds is 6. The second-order valence-corrected chi connectivity index (χ2v) is 6.12. The number of ether oxygens (including phenoxy) is 3. The lowest BCUT2D eigenvalue weighted by molar-refractivity contribution is -0.384. The van der Waals surface area contributed by atoms with E-state index in [0.717, 1.165) is 35.7 Å². The molecule has 0 aliphatic carbocycles. The van der Waals surface area contributed by atoms with Gasteiger partial charge in [0.15, 0.2) is 0 Å². The van der Waals surface area contributed by atoms with Crippen LogP contribution in [0.2, 0.25) is 0 Å². The van der Waals surface area contributed by atoms with E-state index in [4.69, 9.17) is 14.2 Å². The third-order valence-electron chi connectivity index (χ3n) is 4.51. The summed E-state index contributed by atoms with van der Waals surface area (Å²) in [6.45, 7) is 2.88. The Balaban J connectivity index is 1.69. The Morgan fingerprint density at radius 3 is 2.62 bits per heavy atom. The zero-order valence-corrected chi connectivity index (χ0v) is 14.9. The fourth-order valence-corrected chi connectivity index (χ4v) is 3.08. The van der Waals surface area contributed by atoms with Gasteiger partial charge in [0, 0.05) is 43.4 Å². The molecule has 138 valence electrons. The number of methoxy groups -OCH3 is 2. The van der Waals surface area contributed by atoms with Crippen molar-refractivity contribution in [3.8, 4) is 11.5 Å². The average Bonchev–Trinajstić information content (AvgIpc) is 2.68. The summed E-state index contributed by atoms with van der Waals surface area (Å²) in [6.07, 6.45) is -0.103. The van der Waals surface area contributed by atoms with Crippen molar-refractivity contribution >= 4 is 5.69 Å². The highest BCUT2D eigenvalue weighted by molar-refractivity contribution is 5.40. The highest BCUT2D eigenvalue weighted by atomic mass is 16.6. The van der Waals surface area contributed by atoms with E-state index in [-0.39, 0.29) is 11.8 Å². The van der Waals surface area contributed by atoms with E-state index >= 15 is 0 Å². The number of nitro benzene ring substituents is 1. The molecule has 1 fully saturated rings. The number of hydrogen-bond acceptors (Lipinski definition) is 6. The molecule has 0 aromatic heterocycles. The highest BCUT2D eigenvalue weighted by Gasteiger charge is 2.23. The number of benzene rings is 2. The molecule has 1 aliphatic rings. The van der Waals surface area contributed by atoms with E-state index in [2.05, 4.69) is 4.90 Å². The van der Waals surface area contributed by atoms with Crippen LogP contribution in [0.15, 0.2) is 42.5 Å². The quantitative estimate of drug-likeness (QED) is 0.583. The molecule has 1 heterocycles. The Kier molecular flexibility index (Phi) is 5.70. The number of nitrogens with zero attached hydrogens (tertiary/aromatic N) is 2. The van der Waals surface area contributed by atoms with E-state index < -0.39 is 4.92 Å². The largest absolute Gasteiger partial charge is 0.497 e. The number of morpholine rings is 1. The molecule has 26 heavy (non-hydrogen) atoms. The van der Waals surface area contributed by atoms with Crippen molar-refractivity contribution in [2.45, 2.75) is 12.6 Å². The van der Waals surface area contributed by atoms with Gasteiger partial charge in [-0.3, -0.25) is 15.0 Å². The van der Waals surface area contributed by atoms with Gasteiger partial charge >= 0.3 is 0 Å². The van der Waals surface area contributed by atoms with Gasteiger partial charge in [-0.15, -0.1) is 0 Å². The average molecular weight is 358 g/mol. The molecule has 0 N–H and O–H groups in total.